The van der Waals surface area contributed by atoms with Gasteiger partial charge in [0, 0.05) is 6.42 Å². The molecule has 0 rings (SSSR count). The highest BCUT2D eigenvalue weighted by Gasteiger charge is 2.01. The third-order valence-corrected chi connectivity index (χ3v) is 3.84. The molecule has 0 spiro atoms. The van der Waals surface area contributed by atoms with Crippen molar-refractivity contribution >= 4 is 5.97 Å². The largest absolute Gasteiger partial charge is 0.463 e. The number of ether oxygens (including phenoxy) is 1. The molecule has 0 saturated heterocycles. The summed E-state index contributed by atoms with van der Waals surface area (Å²) in [5.41, 5.74) is 0. The van der Waals surface area contributed by atoms with Crippen LogP contribution in [0.5, 0.6) is 0 Å². The highest BCUT2D eigenvalue weighted by molar-refractivity contribution is 5.69. The topological polar surface area (TPSA) is 46.5 Å². The maximum atomic E-state index is 11.2. The summed E-state index contributed by atoms with van der Waals surface area (Å²) in [6.07, 6.45) is 21.0. The first kappa shape index (κ1) is 30.6. The predicted molar refractivity (Wildman–Crippen MR) is 120 cm³/mol. The standard InChI is InChI=1S/C18H36O3.2C3H6/c1-2-3-4-5-6-7-8-9-10-11-12-13-14-15-18(20)21-17-16-19;2*1-3-2/h19H,2-17H2,1H3;2*3H,1H2,2H3. The smallest absolute Gasteiger partial charge is 0.305 e. The van der Waals surface area contributed by atoms with Gasteiger partial charge in [-0.3, -0.25) is 4.79 Å². The fraction of sp³-hybridized carbons (Fsp3) is 0.792. The Bertz CT molecular complexity index is 281. The van der Waals surface area contributed by atoms with Gasteiger partial charge >= 0.3 is 5.97 Å². The highest BCUT2D eigenvalue weighted by Crippen LogP contribution is 2.13. The summed E-state index contributed by atoms with van der Waals surface area (Å²) in [4.78, 5) is 11.2. The molecule has 0 unspecified atom stereocenters. The lowest BCUT2D eigenvalue weighted by Crippen LogP contribution is -2.07. The van der Waals surface area contributed by atoms with E-state index >= 15 is 0 Å². The summed E-state index contributed by atoms with van der Waals surface area (Å²) in [5.74, 6) is -0.174. The molecular formula is C24H48O3. The van der Waals surface area contributed by atoms with E-state index in [1.807, 2.05) is 13.8 Å². The molecule has 0 aromatic rings. The van der Waals surface area contributed by atoms with Crippen molar-refractivity contribution in [3.63, 3.8) is 0 Å². The zero-order valence-corrected chi connectivity index (χ0v) is 18.6. The van der Waals surface area contributed by atoms with Crippen LogP contribution in [0.2, 0.25) is 0 Å². The van der Waals surface area contributed by atoms with Gasteiger partial charge in [0.2, 0.25) is 0 Å². The summed E-state index contributed by atoms with van der Waals surface area (Å²) < 4.78 is 4.81. The van der Waals surface area contributed by atoms with Crippen molar-refractivity contribution in [2.24, 2.45) is 0 Å². The molecule has 27 heavy (non-hydrogen) atoms. The summed E-state index contributed by atoms with van der Waals surface area (Å²) in [5, 5.41) is 8.52. The summed E-state index contributed by atoms with van der Waals surface area (Å²) in [6, 6.07) is 0. The Morgan fingerprint density at radius 2 is 1.11 bits per heavy atom. The van der Waals surface area contributed by atoms with Crippen molar-refractivity contribution in [1.29, 1.82) is 0 Å². The van der Waals surface area contributed by atoms with Crippen LogP contribution in [-0.2, 0) is 9.53 Å². The average molecular weight is 385 g/mol. The number of aliphatic hydroxyl groups excluding tert-OH is 1. The van der Waals surface area contributed by atoms with Crippen molar-refractivity contribution in [3.8, 4) is 0 Å². The second-order valence-electron chi connectivity index (χ2n) is 6.75. The Morgan fingerprint density at radius 3 is 1.44 bits per heavy atom. The SMILES string of the molecule is C=CC.C=CC.CCCCCCCCCCCCCCCC(=O)OCCO. The van der Waals surface area contributed by atoms with Gasteiger partial charge in [-0.2, -0.15) is 0 Å². The first-order chi connectivity index (χ1) is 13.1. The highest BCUT2D eigenvalue weighted by atomic mass is 16.5. The molecule has 162 valence electrons. The van der Waals surface area contributed by atoms with E-state index in [1.54, 1.807) is 12.2 Å². The minimum Gasteiger partial charge on any atom is -0.463 e. The van der Waals surface area contributed by atoms with Crippen LogP contribution in [0.4, 0.5) is 0 Å². The normalized spacial score (nSPS) is 9.33. The van der Waals surface area contributed by atoms with Crippen LogP contribution in [0.25, 0.3) is 0 Å². The maximum absolute atomic E-state index is 11.2. The zero-order valence-electron chi connectivity index (χ0n) is 18.6. The van der Waals surface area contributed by atoms with E-state index in [9.17, 15) is 4.79 Å². The number of carbonyl (C=O) groups excluding carboxylic acids is 1. The molecule has 0 fully saturated rings. The number of esters is 1. The van der Waals surface area contributed by atoms with E-state index in [-0.39, 0.29) is 19.2 Å². The third kappa shape index (κ3) is 40.8. The van der Waals surface area contributed by atoms with Gasteiger partial charge in [0.05, 0.1) is 6.61 Å². The lowest BCUT2D eigenvalue weighted by atomic mass is 10.0. The Kier molecular flexibility index (Phi) is 37.0. The van der Waals surface area contributed by atoms with Crippen molar-refractivity contribution in [2.45, 2.75) is 111 Å². The Morgan fingerprint density at radius 1 is 0.778 bits per heavy atom. The molecule has 0 aliphatic rings. The second kappa shape index (κ2) is 32.6. The van der Waals surface area contributed by atoms with Gasteiger partial charge in [0.1, 0.15) is 6.61 Å². The number of hydrogen-bond acceptors (Lipinski definition) is 3. The molecule has 0 saturated carbocycles. The minimum atomic E-state index is -0.174. The monoisotopic (exact) mass is 384 g/mol. The zero-order chi connectivity index (χ0) is 21.0. The second-order valence-corrected chi connectivity index (χ2v) is 6.75. The van der Waals surface area contributed by atoms with E-state index < -0.39 is 0 Å². The van der Waals surface area contributed by atoms with Crippen LogP contribution < -0.4 is 0 Å². The summed E-state index contributed by atoms with van der Waals surface area (Å²) in [6.45, 7) is 12.8. The third-order valence-electron chi connectivity index (χ3n) is 3.84. The molecule has 0 radical (unpaired) electrons. The molecule has 0 aromatic heterocycles. The molecule has 0 aromatic carbocycles. The Hall–Kier alpha value is -1.09. The molecule has 0 bridgehead atoms. The van der Waals surface area contributed by atoms with E-state index in [0.717, 1.165) is 12.8 Å². The van der Waals surface area contributed by atoms with Crippen molar-refractivity contribution < 1.29 is 14.6 Å². The van der Waals surface area contributed by atoms with Crippen LogP contribution in [0.15, 0.2) is 25.3 Å². The Labute approximate surface area is 170 Å². The number of hydrogen-bond donors (Lipinski definition) is 1. The molecule has 0 aliphatic carbocycles. The van der Waals surface area contributed by atoms with Crippen LogP contribution in [0.3, 0.4) is 0 Å². The summed E-state index contributed by atoms with van der Waals surface area (Å²) >= 11 is 0. The lowest BCUT2D eigenvalue weighted by Gasteiger charge is -2.04. The maximum Gasteiger partial charge on any atom is 0.305 e. The van der Waals surface area contributed by atoms with Crippen molar-refractivity contribution in [3.05, 3.63) is 25.3 Å². The molecular weight excluding hydrogens is 336 g/mol. The Balaban J connectivity index is -0.000000840. The first-order valence-electron chi connectivity index (χ1n) is 11.0. The quantitative estimate of drug-likeness (QED) is 0.171. The molecule has 0 amide bonds. The molecule has 0 aliphatic heterocycles. The first-order valence-corrected chi connectivity index (χ1v) is 11.0. The van der Waals surface area contributed by atoms with Crippen molar-refractivity contribution in [2.75, 3.05) is 13.2 Å². The predicted octanol–water partition coefficient (Wildman–Crippen LogP) is 7.39. The lowest BCUT2D eigenvalue weighted by molar-refractivity contribution is -0.144. The van der Waals surface area contributed by atoms with Gasteiger partial charge < -0.3 is 9.84 Å². The van der Waals surface area contributed by atoms with Crippen LogP contribution >= 0.6 is 0 Å². The molecule has 1 N–H and O–H groups in total. The van der Waals surface area contributed by atoms with Gasteiger partial charge in [-0.15, -0.1) is 13.2 Å². The van der Waals surface area contributed by atoms with Crippen LogP contribution in [-0.4, -0.2) is 24.3 Å². The van der Waals surface area contributed by atoms with E-state index in [2.05, 4.69) is 20.1 Å². The number of carbonyl (C=O) groups is 1. The fourth-order valence-electron chi connectivity index (χ4n) is 2.52. The fourth-order valence-corrected chi connectivity index (χ4v) is 2.52. The number of rotatable bonds is 16. The number of unbranched alkanes of at least 4 members (excludes halogenated alkanes) is 12. The van der Waals surface area contributed by atoms with Gasteiger partial charge in [-0.25, -0.2) is 0 Å². The van der Waals surface area contributed by atoms with E-state index in [4.69, 9.17) is 9.84 Å². The van der Waals surface area contributed by atoms with Gasteiger partial charge in [-0.05, 0) is 20.3 Å². The van der Waals surface area contributed by atoms with Gasteiger partial charge in [0.25, 0.3) is 0 Å². The van der Waals surface area contributed by atoms with E-state index in [0.29, 0.717) is 6.42 Å². The van der Waals surface area contributed by atoms with Gasteiger partial charge in [0.15, 0.2) is 0 Å². The molecule has 0 atom stereocenters. The summed E-state index contributed by atoms with van der Waals surface area (Å²) in [7, 11) is 0. The van der Waals surface area contributed by atoms with E-state index in [1.165, 1.54) is 70.6 Å². The number of aliphatic hydroxyl groups is 1. The molecule has 0 heterocycles. The number of allylic oxidation sites excluding steroid dienone is 2. The van der Waals surface area contributed by atoms with Crippen molar-refractivity contribution in [1.82, 2.24) is 0 Å². The average Bonchev–Trinajstić information content (AvgIpc) is 2.65. The van der Waals surface area contributed by atoms with Gasteiger partial charge in [-0.1, -0.05) is 96.1 Å². The van der Waals surface area contributed by atoms with Crippen LogP contribution in [0.1, 0.15) is 111 Å². The minimum absolute atomic E-state index is 0.0790. The van der Waals surface area contributed by atoms with Crippen LogP contribution in [0, 0.1) is 0 Å². The molecule has 3 heteroatoms. The molecule has 3 nitrogen and oxygen atoms in total.